The van der Waals surface area contributed by atoms with Crippen molar-refractivity contribution in [3.63, 3.8) is 0 Å². The summed E-state index contributed by atoms with van der Waals surface area (Å²) in [7, 11) is 0. The van der Waals surface area contributed by atoms with Gasteiger partial charge in [-0.3, -0.25) is 4.79 Å². The number of rotatable bonds is 4. The summed E-state index contributed by atoms with van der Waals surface area (Å²) in [5, 5.41) is 3.12. The zero-order valence-electron chi connectivity index (χ0n) is 10.6. The highest BCUT2D eigenvalue weighted by molar-refractivity contribution is 5.96. The van der Waals surface area contributed by atoms with E-state index in [1.165, 1.54) is 12.1 Å². The predicted molar refractivity (Wildman–Crippen MR) is 64.7 cm³/mol. The molecular formula is C13H14F3NO3. The molecule has 1 unspecified atom stereocenters. The van der Waals surface area contributed by atoms with Gasteiger partial charge in [0, 0.05) is 24.6 Å². The second-order valence-corrected chi connectivity index (χ2v) is 4.43. The summed E-state index contributed by atoms with van der Waals surface area (Å²) in [6, 6.07) is 4.98. The fourth-order valence-corrected chi connectivity index (χ4v) is 1.96. The van der Waals surface area contributed by atoms with E-state index in [4.69, 9.17) is 4.74 Å². The lowest BCUT2D eigenvalue weighted by Gasteiger charge is -2.23. The van der Waals surface area contributed by atoms with Gasteiger partial charge in [-0.15, -0.1) is 13.2 Å². The Labute approximate surface area is 113 Å². The maximum Gasteiger partial charge on any atom is 0.573 e. The van der Waals surface area contributed by atoms with Gasteiger partial charge in [-0.25, -0.2) is 0 Å². The number of benzene rings is 1. The van der Waals surface area contributed by atoms with Crippen LogP contribution >= 0.6 is 0 Å². The molecule has 4 nitrogen and oxygen atoms in total. The Bertz CT molecular complexity index is 470. The van der Waals surface area contributed by atoms with E-state index in [2.05, 4.69) is 10.1 Å². The van der Waals surface area contributed by atoms with Gasteiger partial charge in [0.05, 0.1) is 13.2 Å². The van der Waals surface area contributed by atoms with E-state index < -0.39 is 12.1 Å². The number of hydrogen-bond acceptors (Lipinski definition) is 4. The molecule has 1 aromatic carbocycles. The lowest BCUT2D eigenvalue weighted by atomic mass is 10.0. The van der Waals surface area contributed by atoms with Crippen molar-refractivity contribution in [2.75, 3.05) is 19.8 Å². The number of nitrogens with one attached hydrogen (secondary N) is 1. The largest absolute Gasteiger partial charge is 0.573 e. The van der Waals surface area contributed by atoms with Crippen molar-refractivity contribution in [3.8, 4) is 5.75 Å². The molecule has 0 aliphatic carbocycles. The molecule has 0 aromatic heterocycles. The first kappa shape index (κ1) is 14.8. The number of morpholine rings is 1. The summed E-state index contributed by atoms with van der Waals surface area (Å²) in [5.41, 5.74) is 0.194. The minimum atomic E-state index is -4.76. The van der Waals surface area contributed by atoms with Gasteiger partial charge in [-0.1, -0.05) is 12.1 Å². The molecule has 1 atom stereocenters. The molecule has 0 radical (unpaired) electrons. The van der Waals surface area contributed by atoms with E-state index >= 15 is 0 Å². The van der Waals surface area contributed by atoms with E-state index in [-0.39, 0.29) is 23.8 Å². The highest BCUT2D eigenvalue weighted by Crippen LogP contribution is 2.23. The molecule has 1 aromatic rings. The normalized spacial score (nSPS) is 19.6. The van der Waals surface area contributed by atoms with Gasteiger partial charge in [-0.2, -0.15) is 0 Å². The number of ether oxygens (including phenoxy) is 2. The van der Waals surface area contributed by atoms with Crippen LogP contribution in [0.5, 0.6) is 5.75 Å². The third kappa shape index (κ3) is 4.50. The monoisotopic (exact) mass is 289 g/mol. The van der Waals surface area contributed by atoms with Crippen LogP contribution in [0.1, 0.15) is 16.8 Å². The van der Waals surface area contributed by atoms with Crippen LogP contribution in [0.15, 0.2) is 24.3 Å². The smallest absolute Gasteiger partial charge is 0.406 e. The van der Waals surface area contributed by atoms with Crippen LogP contribution in [-0.2, 0) is 4.74 Å². The Morgan fingerprint density at radius 3 is 2.90 bits per heavy atom. The van der Waals surface area contributed by atoms with Crippen molar-refractivity contribution >= 4 is 5.78 Å². The molecule has 1 aliphatic rings. The maximum absolute atomic E-state index is 12.1. The van der Waals surface area contributed by atoms with Gasteiger partial charge in [0.15, 0.2) is 5.78 Å². The van der Waals surface area contributed by atoms with E-state index in [0.29, 0.717) is 19.8 Å². The summed E-state index contributed by atoms with van der Waals surface area (Å²) in [6.07, 6.45) is -4.59. The molecule has 0 spiro atoms. The van der Waals surface area contributed by atoms with Gasteiger partial charge < -0.3 is 14.8 Å². The maximum atomic E-state index is 12.1. The average molecular weight is 289 g/mol. The molecule has 1 N–H and O–H groups in total. The molecular weight excluding hydrogens is 275 g/mol. The molecule has 0 bridgehead atoms. The van der Waals surface area contributed by atoms with Gasteiger partial charge in [0.25, 0.3) is 0 Å². The van der Waals surface area contributed by atoms with Gasteiger partial charge in [0.1, 0.15) is 5.75 Å². The molecule has 2 rings (SSSR count). The number of ketones is 1. The number of halogens is 3. The van der Waals surface area contributed by atoms with Crippen LogP contribution < -0.4 is 10.1 Å². The van der Waals surface area contributed by atoms with Crippen LogP contribution in [0.25, 0.3) is 0 Å². The number of Topliss-reactive ketones (excluding diaryl/α,β-unsaturated/α-hetero) is 1. The predicted octanol–water partition coefficient (Wildman–Crippen LogP) is 2.15. The Kier molecular flexibility index (Phi) is 4.61. The van der Waals surface area contributed by atoms with Crippen LogP contribution in [0, 0.1) is 0 Å². The first-order valence-corrected chi connectivity index (χ1v) is 6.14. The quantitative estimate of drug-likeness (QED) is 0.863. The summed E-state index contributed by atoms with van der Waals surface area (Å²) < 4.78 is 45.3. The zero-order valence-corrected chi connectivity index (χ0v) is 10.6. The van der Waals surface area contributed by atoms with E-state index in [1.807, 2.05) is 0 Å². The molecule has 20 heavy (non-hydrogen) atoms. The van der Waals surface area contributed by atoms with Crippen molar-refractivity contribution in [1.29, 1.82) is 0 Å². The summed E-state index contributed by atoms with van der Waals surface area (Å²) in [6.45, 7) is 1.68. The summed E-state index contributed by atoms with van der Waals surface area (Å²) in [5.74, 6) is -0.642. The van der Waals surface area contributed by atoms with Crippen LogP contribution in [0.2, 0.25) is 0 Å². The standard InChI is InChI=1S/C13H14F3NO3/c14-13(15,16)20-11-3-1-2-9(6-11)12(18)7-10-8-19-5-4-17-10/h1-3,6,10,17H,4-5,7-8H2. The lowest BCUT2D eigenvalue weighted by Crippen LogP contribution is -2.42. The number of carbonyl (C=O) groups is 1. The van der Waals surface area contributed by atoms with Gasteiger partial charge in [0.2, 0.25) is 0 Å². The Morgan fingerprint density at radius 2 is 2.25 bits per heavy atom. The summed E-state index contributed by atoms with van der Waals surface area (Å²) >= 11 is 0. The molecule has 1 heterocycles. The minimum absolute atomic E-state index is 0.108. The molecule has 0 saturated carbocycles. The Morgan fingerprint density at radius 1 is 1.45 bits per heavy atom. The van der Waals surface area contributed by atoms with Crippen LogP contribution in [-0.4, -0.2) is 37.9 Å². The number of carbonyl (C=O) groups excluding carboxylic acids is 1. The average Bonchev–Trinajstić information content (AvgIpc) is 2.38. The van der Waals surface area contributed by atoms with Crippen molar-refractivity contribution in [3.05, 3.63) is 29.8 Å². The van der Waals surface area contributed by atoms with Crippen molar-refractivity contribution in [1.82, 2.24) is 5.32 Å². The number of alkyl halides is 3. The van der Waals surface area contributed by atoms with Crippen molar-refractivity contribution in [2.24, 2.45) is 0 Å². The SMILES string of the molecule is O=C(CC1COCCN1)c1cccc(OC(F)(F)F)c1. The van der Waals surface area contributed by atoms with E-state index in [1.54, 1.807) is 0 Å². The Balaban J connectivity index is 2.00. The van der Waals surface area contributed by atoms with Crippen LogP contribution in [0.4, 0.5) is 13.2 Å². The molecule has 7 heteroatoms. The molecule has 1 aliphatic heterocycles. The van der Waals surface area contributed by atoms with Gasteiger partial charge in [-0.05, 0) is 12.1 Å². The zero-order chi connectivity index (χ0) is 14.6. The van der Waals surface area contributed by atoms with Crippen molar-refractivity contribution < 1.29 is 27.4 Å². The topological polar surface area (TPSA) is 47.6 Å². The van der Waals surface area contributed by atoms with E-state index in [0.717, 1.165) is 12.1 Å². The Hall–Kier alpha value is -1.60. The first-order chi connectivity index (χ1) is 9.44. The molecule has 1 fully saturated rings. The highest BCUT2D eigenvalue weighted by atomic mass is 19.4. The molecule has 0 amide bonds. The van der Waals surface area contributed by atoms with E-state index in [9.17, 15) is 18.0 Å². The molecule has 1 saturated heterocycles. The molecule has 110 valence electrons. The minimum Gasteiger partial charge on any atom is -0.406 e. The van der Waals surface area contributed by atoms with Crippen LogP contribution in [0.3, 0.4) is 0 Å². The fraction of sp³-hybridized carbons (Fsp3) is 0.462. The summed E-state index contributed by atoms with van der Waals surface area (Å²) in [4.78, 5) is 12.0. The third-order valence-corrected chi connectivity index (χ3v) is 2.82. The first-order valence-electron chi connectivity index (χ1n) is 6.14. The van der Waals surface area contributed by atoms with Gasteiger partial charge >= 0.3 is 6.36 Å². The fourth-order valence-electron chi connectivity index (χ4n) is 1.96. The second kappa shape index (κ2) is 6.23. The number of hydrogen-bond donors (Lipinski definition) is 1. The lowest BCUT2D eigenvalue weighted by molar-refractivity contribution is -0.274. The second-order valence-electron chi connectivity index (χ2n) is 4.43. The third-order valence-electron chi connectivity index (χ3n) is 2.82. The highest BCUT2D eigenvalue weighted by Gasteiger charge is 2.31. The van der Waals surface area contributed by atoms with Crippen molar-refractivity contribution in [2.45, 2.75) is 18.8 Å².